The Labute approximate surface area is 160 Å². The van der Waals surface area contributed by atoms with Crippen molar-refractivity contribution in [2.75, 3.05) is 13.1 Å². The molecule has 5 atom stereocenters. The number of hydrogen-bond acceptors (Lipinski definition) is 4. The number of piperidine rings is 1. The molecule has 0 aromatic heterocycles. The zero-order valence-corrected chi connectivity index (χ0v) is 16.1. The van der Waals surface area contributed by atoms with Gasteiger partial charge in [-0.05, 0) is 49.3 Å². The zero-order chi connectivity index (χ0) is 19.0. The summed E-state index contributed by atoms with van der Waals surface area (Å²) in [6.45, 7) is 9.85. The molecule has 1 aromatic rings. The Balaban J connectivity index is 1.72. The first-order valence-electron chi connectivity index (χ1n) is 10.1. The molecule has 5 heteroatoms. The fourth-order valence-corrected chi connectivity index (χ4v) is 6.88. The molecule has 0 radical (unpaired) electrons. The summed E-state index contributed by atoms with van der Waals surface area (Å²) in [5.41, 5.74) is 2.42. The minimum Gasteiger partial charge on any atom is -0.504 e. The fourth-order valence-electron chi connectivity index (χ4n) is 6.88. The molecule has 1 saturated heterocycles. The lowest BCUT2D eigenvalue weighted by Crippen LogP contribution is -2.73. The lowest BCUT2D eigenvalue weighted by Gasteiger charge is -2.65. The quantitative estimate of drug-likeness (QED) is 0.805. The smallest absolute Gasteiger partial charge is 0.217 e. The summed E-state index contributed by atoms with van der Waals surface area (Å²) >= 11 is 0. The molecule has 2 N–H and O–H groups in total. The molecule has 27 heavy (non-hydrogen) atoms. The lowest BCUT2D eigenvalue weighted by atomic mass is 9.43. The van der Waals surface area contributed by atoms with Gasteiger partial charge in [-0.2, -0.15) is 0 Å². The van der Waals surface area contributed by atoms with Gasteiger partial charge in [0.05, 0.1) is 6.04 Å². The molecule has 2 aliphatic carbocycles. The van der Waals surface area contributed by atoms with Crippen molar-refractivity contribution in [3.05, 3.63) is 35.9 Å². The summed E-state index contributed by atoms with van der Waals surface area (Å²) in [5.74, 6) is 0.880. The molecular formula is C22H28N2O3. The first-order valence-corrected chi connectivity index (χ1v) is 10.1. The maximum absolute atomic E-state index is 11.9. The average molecular weight is 368 g/mol. The second-order valence-electron chi connectivity index (χ2n) is 8.97. The SMILES string of the molecule is C=CCN1CC[C@]23c4c5ccc(O)c4OC2[C@H](NC(C)=O)CC[C@@]3(C)C1C5. The maximum Gasteiger partial charge on any atom is 0.217 e. The van der Waals surface area contributed by atoms with Gasteiger partial charge in [-0.3, -0.25) is 9.69 Å². The summed E-state index contributed by atoms with van der Waals surface area (Å²) < 4.78 is 6.48. The molecule has 5 nitrogen and oxygen atoms in total. The molecule has 1 saturated carbocycles. The van der Waals surface area contributed by atoms with E-state index in [9.17, 15) is 9.90 Å². The number of carbonyl (C=O) groups excluding carboxylic acids is 1. The molecule has 2 aliphatic heterocycles. The van der Waals surface area contributed by atoms with E-state index in [0.29, 0.717) is 11.8 Å². The van der Waals surface area contributed by atoms with Gasteiger partial charge in [0.1, 0.15) is 6.10 Å². The number of rotatable bonds is 3. The highest BCUT2D eigenvalue weighted by Gasteiger charge is 2.71. The van der Waals surface area contributed by atoms with Crippen LogP contribution in [0.5, 0.6) is 11.5 Å². The Kier molecular flexibility index (Phi) is 3.49. The van der Waals surface area contributed by atoms with Crippen molar-refractivity contribution in [1.29, 1.82) is 0 Å². The molecule has 2 bridgehead atoms. The number of likely N-dealkylation sites (tertiary alicyclic amines) is 1. The third kappa shape index (κ3) is 1.96. The van der Waals surface area contributed by atoms with Crippen LogP contribution in [0.25, 0.3) is 0 Å². The van der Waals surface area contributed by atoms with Crippen molar-refractivity contribution < 1.29 is 14.6 Å². The van der Waals surface area contributed by atoms with Crippen molar-refractivity contribution >= 4 is 5.91 Å². The highest BCUT2D eigenvalue weighted by molar-refractivity contribution is 5.73. The van der Waals surface area contributed by atoms with Crippen LogP contribution in [0.15, 0.2) is 24.8 Å². The Morgan fingerprint density at radius 1 is 1.48 bits per heavy atom. The molecule has 4 aliphatic rings. The Bertz CT molecular complexity index is 837. The van der Waals surface area contributed by atoms with Gasteiger partial charge in [0.25, 0.3) is 0 Å². The standard InChI is InChI=1S/C22H28N2O3/c1-4-10-24-11-9-22-18-14-5-6-16(26)19(18)27-20(22)15(23-13(2)25)7-8-21(22,3)17(24)12-14/h4-6,15,17,20,26H,1,7-12H2,2-3H3,(H,23,25)/t15-,17?,20?,21+,22+/m1/s1. The molecular weight excluding hydrogens is 340 g/mol. The first-order chi connectivity index (χ1) is 12.9. The summed E-state index contributed by atoms with van der Waals surface area (Å²) in [7, 11) is 0. The van der Waals surface area contributed by atoms with Crippen LogP contribution in [0.2, 0.25) is 0 Å². The number of phenolic OH excluding ortho intramolecular Hbond substituents is 1. The Hall–Kier alpha value is -2.01. The second kappa shape index (κ2) is 5.51. The van der Waals surface area contributed by atoms with E-state index in [1.165, 1.54) is 11.1 Å². The van der Waals surface area contributed by atoms with E-state index >= 15 is 0 Å². The van der Waals surface area contributed by atoms with Crippen LogP contribution >= 0.6 is 0 Å². The third-order valence-corrected chi connectivity index (χ3v) is 7.89. The number of aromatic hydroxyl groups is 1. The molecule has 2 heterocycles. The molecule has 2 unspecified atom stereocenters. The first kappa shape index (κ1) is 17.1. The van der Waals surface area contributed by atoms with Gasteiger partial charge in [0, 0.05) is 30.5 Å². The van der Waals surface area contributed by atoms with Gasteiger partial charge in [0.15, 0.2) is 11.5 Å². The largest absolute Gasteiger partial charge is 0.504 e. The number of benzene rings is 1. The van der Waals surface area contributed by atoms with E-state index in [-0.39, 0.29) is 34.6 Å². The molecule has 144 valence electrons. The van der Waals surface area contributed by atoms with E-state index < -0.39 is 0 Å². The van der Waals surface area contributed by atoms with Crippen LogP contribution in [-0.4, -0.2) is 47.2 Å². The minimum atomic E-state index is -0.150. The summed E-state index contributed by atoms with van der Waals surface area (Å²) in [5, 5.41) is 13.7. The highest BCUT2D eigenvalue weighted by Crippen LogP contribution is 2.68. The van der Waals surface area contributed by atoms with Crippen LogP contribution in [-0.2, 0) is 16.6 Å². The van der Waals surface area contributed by atoms with E-state index in [0.717, 1.165) is 38.8 Å². The summed E-state index contributed by atoms with van der Waals surface area (Å²) in [6.07, 6.45) is 5.81. The topological polar surface area (TPSA) is 61.8 Å². The summed E-state index contributed by atoms with van der Waals surface area (Å²) in [4.78, 5) is 14.4. The number of phenols is 1. The average Bonchev–Trinajstić information content (AvgIpc) is 2.97. The normalized spacial score (nSPS) is 38.7. The van der Waals surface area contributed by atoms with Crippen LogP contribution in [0, 0.1) is 5.41 Å². The van der Waals surface area contributed by atoms with Gasteiger partial charge in [-0.25, -0.2) is 0 Å². The lowest BCUT2D eigenvalue weighted by molar-refractivity contribution is -0.133. The maximum atomic E-state index is 11.9. The molecule has 1 amide bonds. The fraction of sp³-hybridized carbons (Fsp3) is 0.591. The number of nitrogens with zero attached hydrogens (tertiary/aromatic N) is 1. The van der Waals surface area contributed by atoms with Gasteiger partial charge in [0.2, 0.25) is 5.91 Å². The number of ether oxygens (including phenoxy) is 1. The van der Waals surface area contributed by atoms with Crippen LogP contribution < -0.4 is 10.1 Å². The number of amides is 1. The summed E-state index contributed by atoms with van der Waals surface area (Å²) in [6, 6.07) is 4.26. The van der Waals surface area contributed by atoms with Crippen molar-refractivity contribution in [2.24, 2.45) is 5.41 Å². The van der Waals surface area contributed by atoms with Crippen molar-refractivity contribution in [1.82, 2.24) is 10.2 Å². The van der Waals surface area contributed by atoms with Gasteiger partial charge in [-0.15, -0.1) is 6.58 Å². The minimum absolute atomic E-state index is 0.0135. The van der Waals surface area contributed by atoms with Crippen LogP contribution in [0.3, 0.4) is 0 Å². The number of carbonyl (C=O) groups is 1. The van der Waals surface area contributed by atoms with Crippen LogP contribution in [0.1, 0.15) is 44.2 Å². The van der Waals surface area contributed by atoms with Crippen molar-refractivity contribution in [2.45, 2.75) is 63.1 Å². The zero-order valence-electron chi connectivity index (χ0n) is 16.1. The predicted molar refractivity (Wildman–Crippen MR) is 103 cm³/mol. The third-order valence-electron chi connectivity index (χ3n) is 7.89. The number of nitrogens with one attached hydrogen (secondary N) is 1. The monoisotopic (exact) mass is 368 g/mol. The van der Waals surface area contributed by atoms with Crippen LogP contribution in [0.4, 0.5) is 0 Å². The Morgan fingerprint density at radius 3 is 3.04 bits per heavy atom. The second-order valence-corrected chi connectivity index (χ2v) is 8.97. The van der Waals surface area contributed by atoms with E-state index in [1.807, 2.05) is 6.08 Å². The van der Waals surface area contributed by atoms with E-state index in [1.54, 1.807) is 13.0 Å². The van der Waals surface area contributed by atoms with Gasteiger partial charge < -0.3 is 15.2 Å². The molecule has 5 rings (SSSR count). The predicted octanol–water partition coefficient (Wildman–Crippen LogP) is 2.51. The Morgan fingerprint density at radius 2 is 2.30 bits per heavy atom. The molecule has 1 spiro atoms. The van der Waals surface area contributed by atoms with Crippen molar-refractivity contribution in [3.63, 3.8) is 0 Å². The highest BCUT2D eigenvalue weighted by atomic mass is 16.5. The molecule has 1 aromatic carbocycles. The van der Waals surface area contributed by atoms with Crippen molar-refractivity contribution in [3.8, 4) is 11.5 Å². The van der Waals surface area contributed by atoms with Gasteiger partial charge in [-0.1, -0.05) is 19.1 Å². The van der Waals surface area contributed by atoms with E-state index in [2.05, 4.69) is 29.8 Å². The number of hydrogen-bond donors (Lipinski definition) is 2. The van der Waals surface area contributed by atoms with E-state index in [4.69, 9.17) is 4.74 Å². The molecule has 2 fully saturated rings. The van der Waals surface area contributed by atoms with Gasteiger partial charge >= 0.3 is 0 Å².